The van der Waals surface area contributed by atoms with Gasteiger partial charge in [0.2, 0.25) is 0 Å². The van der Waals surface area contributed by atoms with Crippen LogP contribution in [0.4, 0.5) is 18.9 Å². The van der Waals surface area contributed by atoms with E-state index in [1.165, 1.54) is 30.7 Å². The lowest BCUT2D eigenvalue weighted by atomic mass is 9.82. The molecule has 1 aliphatic carbocycles. The zero-order valence-corrected chi connectivity index (χ0v) is 20.6. The van der Waals surface area contributed by atoms with E-state index < -0.39 is 11.7 Å². The van der Waals surface area contributed by atoms with Crippen molar-refractivity contribution >= 4 is 5.69 Å². The van der Waals surface area contributed by atoms with Crippen molar-refractivity contribution < 1.29 is 13.2 Å². The second-order valence-electron chi connectivity index (χ2n) is 10.8. The number of halogens is 3. The maximum Gasteiger partial charge on any atom is 0.416 e. The first kappa shape index (κ1) is 23.5. The molecule has 2 fully saturated rings. The number of hydrogen-bond donors (Lipinski definition) is 0. The number of anilines is 1. The SMILES string of the molecule is Cc1cc(N2C[C@H]3CC[C@@H](C2)C3Cc2nc3n(n2)CCCC[C@H]3c2cccc(C(F)(F)F)c2)ccn1. The molecular weight excluding hydrogens is 463 g/mol. The highest BCUT2D eigenvalue weighted by atomic mass is 19.4. The van der Waals surface area contributed by atoms with E-state index in [9.17, 15) is 13.2 Å². The van der Waals surface area contributed by atoms with Crippen LogP contribution in [0.5, 0.6) is 0 Å². The van der Waals surface area contributed by atoms with Crippen LogP contribution in [0.15, 0.2) is 42.6 Å². The highest BCUT2D eigenvalue weighted by Gasteiger charge is 2.43. The van der Waals surface area contributed by atoms with E-state index >= 15 is 0 Å². The number of alkyl halides is 3. The summed E-state index contributed by atoms with van der Waals surface area (Å²) in [6, 6.07) is 10.0. The van der Waals surface area contributed by atoms with Crippen molar-refractivity contribution in [2.45, 2.75) is 64.1 Å². The van der Waals surface area contributed by atoms with Gasteiger partial charge >= 0.3 is 6.18 Å². The van der Waals surface area contributed by atoms with E-state index in [4.69, 9.17) is 10.1 Å². The van der Waals surface area contributed by atoms with Crippen molar-refractivity contribution in [3.05, 3.63) is 71.1 Å². The molecule has 0 spiro atoms. The average molecular weight is 496 g/mol. The average Bonchev–Trinajstić information content (AvgIpc) is 3.25. The third kappa shape index (κ3) is 4.50. The summed E-state index contributed by atoms with van der Waals surface area (Å²) < 4.78 is 42.1. The lowest BCUT2D eigenvalue weighted by Gasteiger charge is -2.39. The number of pyridine rings is 1. The Labute approximate surface area is 209 Å². The van der Waals surface area contributed by atoms with Crippen LogP contribution in [0.3, 0.4) is 0 Å². The van der Waals surface area contributed by atoms with Gasteiger partial charge in [-0.25, -0.2) is 9.67 Å². The van der Waals surface area contributed by atoms with E-state index in [0.29, 0.717) is 23.3 Å². The molecule has 0 amide bonds. The molecule has 190 valence electrons. The standard InChI is InChI=1S/C28H32F3N5/c1-18-13-23(10-11-32-18)35-16-20-8-9-21(17-35)25(20)15-26-33-27-24(7-2-3-12-36(27)34-26)19-5-4-6-22(14-19)28(29,30)31/h4-6,10-11,13-14,20-21,24-25H,2-3,7-9,12,15-17H2,1H3/t20-,21+,24-,25?/m0/s1. The molecule has 3 aromatic rings. The lowest BCUT2D eigenvalue weighted by Crippen LogP contribution is -2.42. The Hall–Kier alpha value is -2.90. The van der Waals surface area contributed by atoms with Gasteiger partial charge in [-0.2, -0.15) is 18.3 Å². The molecule has 36 heavy (non-hydrogen) atoms. The van der Waals surface area contributed by atoms with Crippen molar-refractivity contribution in [1.29, 1.82) is 0 Å². The van der Waals surface area contributed by atoms with Crippen LogP contribution in [0, 0.1) is 24.7 Å². The van der Waals surface area contributed by atoms with Crippen molar-refractivity contribution in [1.82, 2.24) is 19.7 Å². The molecule has 1 saturated carbocycles. The number of aromatic nitrogens is 4. The molecule has 4 heterocycles. The first-order chi connectivity index (χ1) is 17.3. The van der Waals surface area contributed by atoms with Gasteiger partial charge in [-0.15, -0.1) is 0 Å². The molecule has 4 atom stereocenters. The van der Waals surface area contributed by atoms with Gasteiger partial charge < -0.3 is 4.90 Å². The largest absolute Gasteiger partial charge is 0.416 e. The van der Waals surface area contributed by atoms with Crippen molar-refractivity contribution in [2.75, 3.05) is 18.0 Å². The maximum atomic E-state index is 13.4. The molecule has 8 heteroatoms. The second-order valence-corrected chi connectivity index (χ2v) is 10.8. The van der Waals surface area contributed by atoms with Gasteiger partial charge in [-0.1, -0.05) is 24.6 Å². The Morgan fingerprint density at radius 2 is 1.81 bits per heavy atom. The number of piperidine rings is 1. The van der Waals surface area contributed by atoms with Gasteiger partial charge in [0, 0.05) is 49.6 Å². The summed E-state index contributed by atoms with van der Waals surface area (Å²) in [5.41, 5.74) is 2.39. The highest BCUT2D eigenvalue weighted by molar-refractivity contribution is 5.47. The first-order valence-electron chi connectivity index (χ1n) is 13.1. The minimum Gasteiger partial charge on any atom is -0.371 e. The molecule has 1 unspecified atom stereocenters. The summed E-state index contributed by atoms with van der Waals surface area (Å²) in [5.74, 6) is 3.32. The maximum absolute atomic E-state index is 13.4. The van der Waals surface area contributed by atoms with Gasteiger partial charge in [-0.3, -0.25) is 4.98 Å². The molecule has 2 aliphatic heterocycles. The molecule has 0 N–H and O–H groups in total. The number of nitrogens with zero attached hydrogens (tertiary/aromatic N) is 5. The minimum absolute atomic E-state index is 0.149. The van der Waals surface area contributed by atoms with Crippen LogP contribution in [0.25, 0.3) is 0 Å². The van der Waals surface area contributed by atoms with Gasteiger partial charge in [0.1, 0.15) is 5.82 Å². The number of aryl methyl sites for hydroxylation is 2. The van der Waals surface area contributed by atoms with Crippen LogP contribution in [-0.2, 0) is 19.1 Å². The van der Waals surface area contributed by atoms with E-state index in [2.05, 4.69) is 22.0 Å². The van der Waals surface area contributed by atoms with Gasteiger partial charge in [0.25, 0.3) is 0 Å². The quantitative estimate of drug-likeness (QED) is 0.444. The fraction of sp³-hybridized carbons (Fsp3) is 0.536. The first-order valence-corrected chi connectivity index (χ1v) is 13.1. The summed E-state index contributed by atoms with van der Waals surface area (Å²) in [5, 5.41) is 4.90. The zero-order valence-electron chi connectivity index (χ0n) is 20.6. The van der Waals surface area contributed by atoms with Crippen LogP contribution in [-0.4, -0.2) is 32.8 Å². The number of rotatable bonds is 4. The predicted octanol–water partition coefficient (Wildman–Crippen LogP) is 6.02. The third-order valence-electron chi connectivity index (χ3n) is 8.48. The van der Waals surface area contributed by atoms with Crippen LogP contribution in [0.1, 0.15) is 66.5 Å². The molecule has 0 radical (unpaired) electrons. The van der Waals surface area contributed by atoms with Gasteiger partial charge in [0.05, 0.1) is 5.56 Å². The van der Waals surface area contributed by atoms with Crippen LogP contribution < -0.4 is 4.90 Å². The summed E-state index contributed by atoms with van der Waals surface area (Å²) in [6.07, 6.45) is 3.60. The summed E-state index contributed by atoms with van der Waals surface area (Å²) in [6.45, 7) is 4.91. The van der Waals surface area contributed by atoms with E-state index in [1.54, 1.807) is 6.07 Å². The highest BCUT2D eigenvalue weighted by Crippen LogP contribution is 2.45. The smallest absolute Gasteiger partial charge is 0.371 e. The summed E-state index contributed by atoms with van der Waals surface area (Å²) >= 11 is 0. The van der Waals surface area contributed by atoms with Crippen molar-refractivity contribution in [2.24, 2.45) is 17.8 Å². The molecule has 1 saturated heterocycles. The molecule has 1 aromatic carbocycles. The Morgan fingerprint density at radius 1 is 1.00 bits per heavy atom. The fourth-order valence-electron chi connectivity index (χ4n) is 6.72. The molecular formula is C28H32F3N5. The predicted molar refractivity (Wildman–Crippen MR) is 132 cm³/mol. The molecule has 5 nitrogen and oxygen atoms in total. The van der Waals surface area contributed by atoms with E-state index in [0.717, 1.165) is 68.7 Å². The van der Waals surface area contributed by atoms with Crippen LogP contribution >= 0.6 is 0 Å². The Morgan fingerprint density at radius 3 is 2.56 bits per heavy atom. The third-order valence-corrected chi connectivity index (χ3v) is 8.48. The number of hydrogen-bond acceptors (Lipinski definition) is 4. The normalized spacial score (nSPS) is 26.1. The fourth-order valence-corrected chi connectivity index (χ4v) is 6.72. The topological polar surface area (TPSA) is 46.8 Å². The summed E-state index contributed by atoms with van der Waals surface area (Å²) in [4.78, 5) is 11.8. The van der Waals surface area contributed by atoms with E-state index in [1.807, 2.05) is 17.8 Å². The zero-order chi connectivity index (χ0) is 24.9. The van der Waals surface area contributed by atoms with E-state index in [-0.39, 0.29) is 5.92 Å². The Bertz CT molecular complexity index is 1220. The van der Waals surface area contributed by atoms with Gasteiger partial charge in [0.15, 0.2) is 5.82 Å². The van der Waals surface area contributed by atoms with Crippen molar-refractivity contribution in [3.63, 3.8) is 0 Å². The van der Waals surface area contributed by atoms with Crippen LogP contribution in [0.2, 0.25) is 0 Å². The Kier molecular flexibility index (Phi) is 6.00. The minimum atomic E-state index is -4.34. The second kappa shape index (κ2) is 9.20. The summed E-state index contributed by atoms with van der Waals surface area (Å²) in [7, 11) is 0. The number of benzene rings is 1. The molecule has 2 aromatic heterocycles. The number of fused-ring (bicyclic) bond motifs is 3. The van der Waals surface area contributed by atoms with Crippen molar-refractivity contribution in [3.8, 4) is 0 Å². The molecule has 6 rings (SSSR count). The monoisotopic (exact) mass is 495 g/mol. The molecule has 2 bridgehead atoms. The lowest BCUT2D eigenvalue weighted by molar-refractivity contribution is -0.137. The molecule has 3 aliphatic rings. The van der Waals surface area contributed by atoms with Gasteiger partial charge in [-0.05, 0) is 74.1 Å². The Balaban J connectivity index is 1.22.